The number of esters is 1. The Labute approximate surface area is 117 Å². The van der Waals surface area contributed by atoms with Gasteiger partial charge in [0.15, 0.2) is 4.90 Å². The van der Waals surface area contributed by atoms with Gasteiger partial charge in [0.25, 0.3) is 0 Å². The molecule has 2 saturated carbocycles. The van der Waals surface area contributed by atoms with Gasteiger partial charge >= 0.3 is 5.97 Å². The Hall–Kier alpha value is -1.22. The van der Waals surface area contributed by atoms with Gasteiger partial charge in [0.05, 0.1) is 0 Å². The Kier molecular flexibility index (Phi) is 3.40. The first kappa shape index (κ1) is 12.8. The first-order valence-corrected chi connectivity index (χ1v) is 8.20. The second-order valence-electron chi connectivity index (χ2n) is 5.41. The third kappa shape index (κ3) is 3.03. The van der Waals surface area contributed by atoms with Crippen molar-refractivity contribution < 1.29 is 9.53 Å². The predicted molar refractivity (Wildman–Crippen MR) is 78.6 cm³/mol. The lowest BCUT2D eigenvalue weighted by atomic mass is 10.3. The van der Waals surface area contributed by atoms with Crippen LogP contribution < -0.4 is 4.74 Å². The van der Waals surface area contributed by atoms with Gasteiger partial charge in [-0.3, -0.25) is 0 Å². The van der Waals surface area contributed by atoms with Crippen LogP contribution in [0.2, 0.25) is 0 Å². The van der Waals surface area contributed by atoms with Gasteiger partial charge in [-0.05, 0) is 31.2 Å². The molecule has 0 saturated heterocycles. The van der Waals surface area contributed by atoms with E-state index < -0.39 is 0 Å². The third-order valence-electron chi connectivity index (χ3n) is 3.42. The van der Waals surface area contributed by atoms with Gasteiger partial charge in [-0.2, -0.15) is 0 Å². The van der Waals surface area contributed by atoms with Gasteiger partial charge in [-0.1, -0.05) is 6.58 Å². The highest BCUT2D eigenvalue weighted by Gasteiger charge is 2.51. The van der Waals surface area contributed by atoms with Gasteiger partial charge in [-0.15, -0.1) is 0 Å². The molecule has 3 rings (SSSR count). The number of carbonyl (C=O) groups excluding carboxylic acids is 1. The molecule has 0 spiro atoms. The highest BCUT2D eigenvalue weighted by molar-refractivity contribution is 7.98. The van der Waals surface area contributed by atoms with E-state index in [4.69, 9.17) is 4.74 Å². The number of benzene rings is 1. The zero-order chi connectivity index (χ0) is 13.4. The van der Waals surface area contributed by atoms with Crippen LogP contribution in [0.5, 0.6) is 5.75 Å². The molecule has 0 bridgehead atoms. The van der Waals surface area contributed by atoms with Crippen molar-refractivity contribution in [3.8, 4) is 5.75 Å². The van der Waals surface area contributed by atoms with Crippen molar-refractivity contribution in [2.24, 2.45) is 0 Å². The summed E-state index contributed by atoms with van der Waals surface area (Å²) in [7, 11) is 0.443. The fourth-order valence-electron chi connectivity index (χ4n) is 2.16. The van der Waals surface area contributed by atoms with E-state index in [-0.39, 0.29) is 5.97 Å². The molecule has 2 aliphatic carbocycles. The fourth-order valence-corrected chi connectivity index (χ4v) is 5.21. The molecule has 2 aliphatic rings. The van der Waals surface area contributed by atoms with Crippen LogP contribution in [0.25, 0.3) is 0 Å². The maximum absolute atomic E-state index is 11.4. The topological polar surface area (TPSA) is 26.3 Å². The van der Waals surface area contributed by atoms with Crippen LogP contribution >= 0.6 is 0 Å². The van der Waals surface area contributed by atoms with Crippen LogP contribution in [0.4, 0.5) is 0 Å². The normalized spacial score (nSPS) is 18.4. The van der Waals surface area contributed by atoms with Crippen LogP contribution in [-0.4, -0.2) is 16.5 Å². The second kappa shape index (κ2) is 5.04. The van der Waals surface area contributed by atoms with E-state index in [0.717, 1.165) is 10.5 Å². The second-order valence-corrected chi connectivity index (χ2v) is 7.96. The Bertz CT molecular complexity index is 486. The van der Waals surface area contributed by atoms with Crippen molar-refractivity contribution >= 4 is 16.9 Å². The standard InChI is InChI=1S/C16H19O2S/c1-11(2)16(17)18-12-3-5-13(6-4-12)19(14-7-8-14)15-9-10-15/h3-6,14-15H,1,7-10H2,2H3/q+1. The van der Waals surface area contributed by atoms with Crippen LogP contribution in [-0.2, 0) is 15.7 Å². The number of ether oxygens (including phenoxy) is 1. The zero-order valence-electron chi connectivity index (χ0n) is 11.2. The van der Waals surface area contributed by atoms with E-state index in [2.05, 4.69) is 18.7 Å². The molecule has 0 heterocycles. The molecule has 2 nitrogen and oxygen atoms in total. The average Bonchev–Trinajstić information content (AvgIpc) is 3.25. The SMILES string of the molecule is C=C(C)C(=O)Oc1ccc([S+](C2CC2)C2CC2)cc1. The van der Waals surface area contributed by atoms with Crippen molar-refractivity contribution in [3.05, 3.63) is 36.4 Å². The molecular formula is C16H19O2S+. The summed E-state index contributed by atoms with van der Waals surface area (Å²) in [5.41, 5.74) is 0.430. The summed E-state index contributed by atoms with van der Waals surface area (Å²) < 4.78 is 5.23. The maximum Gasteiger partial charge on any atom is 0.338 e. The molecule has 2 fully saturated rings. The van der Waals surface area contributed by atoms with E-state index in [0.29, 0.717) is 22.2 Å². The van der Waals surface area contributed by atoms with Crippen molar-refractivity contribution in [1.29, 1.82) is 0 Å². The molecule has 1 aromatic rings. The summed E-state index contributed by atoms with van der Waals surface area (Å²) in [5, 5.41) is 1.85. The summed E-state index contributed by atoms with van der Waals surface area (Å²) in [6, 6.07) is 8.11. The van der Waals surface area contributed by atoms with Gasteiger partial charge in [0, 0.05) is 42.2 Å². The predicted octanol–water partition coefficient (Wildman–Crippen LogP) is 3.47. The number of carbonyl (C=O) groups is 1. The lowest BCUT2D eigenvalue weighted by molar-refractivity contribution is -0.130. The molecule has 1 aromatic carbocycles. The van der Waals surface area contributed by atoms with Gasteiger partial charge in [0.1, 0.15) is 16.2 Å². The van der Waals surface area contributed by atoms with Crippen molar-refractivity contribution in [3.63, 3.8) is 0 Å². The Morgan fingerprint density at radius 2 is 1.68 bits per heavy atom. The quantitative estimate of drug-likeness (QED) is 0.356. The molecule has 0 atom stereocenters. The molecule has 3 heteroatoms. The largest absolute Gasteiger partial charge is 0.423 e. The Morgan fingerprint density at radius 1 is 1.16 bits per heavy atom. The Morgan fingerprint density at radius 3 is 2.11 bits per heavy atom. The molecular weight excluding hydrogens is 256 g/mol. The minimum atomic E-state index is -0.351. The van der Waals surface area contributed by atoms with Crippen LogP contribution in [0.15, 0.2) is 41.3 Å². The maximum atomic E-state index is 11.4. The molecule has 19 heavy (non-hydrogen) atoms. The third-order valence-corrected chi connectivity index (χ3v) is 6.62. The van der Waals surface area contributed by atoms with Gasteiger partial charge in [-0.25, -0.2) is 4.79 Å². The first-order chi connectivity index (χ1) is 9.15. The van der Waals surface area contributed by atoms with Crippen molar-refractivity contribution in [2.75, 3.05) is 0 Å². The van der Waals surface area contributed by atoms with Gasteiger partial charge < -0.3 is 4.74 Å². The lowest BCUT2D eigenvalue weighted by Gasteiger charge is -2.07. The van der Waals surface area contributed by atoms with Crippen LogP contribution in [0.1, 0.15) is 32.6 Å². The monoisotopic (exact) mass is 275 g/mol. The van der Waals surface area contributed by atoms with E-state index >= 15 is 0 Å². The number of hydrogen-bond donors (Lipinski definition) is 0. The van der Waals surface area contributed by atoms with E-state index in [1.807, 2.05) is 12.1 Å². The minimum Gasteiger partial charge on any atom is -0.423 e. The molecule has 0 aromatic heterocycles. The minimum absolute atomic E-state index is 0.351. The molecule has 0 amide bonds. The van der Waals surface area contributed by atoms with Crippen LogP contribution in [0, 0.1) is 0 Å². The van der Waals surface area contributed by atoms with Crippen molar-refractivity contribution in [2.45, 2.75) is 48.0 Å². The summed E-state index contributed by atoms with van der Waals surface area (Å²) in [4.78, 5) is 12.9. The highest BCUT2D eigenvalue weighted by atomic mass is 32.2. The summed E-state index contributed by atoms with van der Waals surface area (Å²) in [6.07, 6.45) is 5.58. The number of rotatable bonds is 5. The summed E-state index contributed by atoms with van der Waals surface area (Å²) in [5.74, 6) is 0.267. The molecule has 100 valence electrons. The Balaban J connectivity index is 1.71. The molecule has 0 unspecified atom stereocenters. The van der Waals surface area contributed by atoms with Gasteiger partial charge in [0.2, 0.25) is 0 Å². The van der Waals surface area contributed by atoms with E-state index in [1.165, 1.54) is 30.6 Å². The lowest BCUT2D eigenvalue weighted by Crippen LogP contribution is -2.14. The summed E-state index contributed by atoms with van der Waals surface area (Å²) in [6.45, 7) is 5.25. The van der Waals surface area contributed by atoms with E-state index in [9.17, 15) is 4.79 Å². The first-order valence-electron chi connectivity index (χ1n) is 6.85. The molecule has 0 radical (unpaired) electrons. The fraction of sp³-hybridized carbons (Fsp3) is 0.438. The smallest absolute Gasteiger partial charge is 0.338 e. The number of hydrogen-bond acceptors (Lipinski definition) is 2. The molecule has 0 aliphatic heterocycles. The average molecular weight is 275 g/mol. The molecule has 0 N–H and O–H groups in total. The van der Waals surface area contributed by atoms with E-state index in [1.54, 1.807) is 6.92 Å². The van der Waals surface area contributed by atoms with Crippen molar-refractivity contribution in [1.82, 2.24) is 0 Å². The summed E-state index contributed by atoms with van der Waals surface area (Å²) >= 11 is 0. The zero-order valence-corrected chi connectivity index (χ0v) is 12.0. The van der Waals surface area contributed by atoms with Crippen LogP contribution in [0.3, 0.4) is 0 Å². The highest BCUT2D eigenvalue weighted by Crippen LogP contribution is 2.45.